The lowest BCUT2D eigenvalue weighted by Gasteiger charge is -2.29. The molecule has 1 aliphatic carbocycles. The van der Waals surface area contributed by atoms with Crippen LogP contribution in [-0.4, -0.2) is 47.6 Å². The Balaban J connectivity index is 1.56. The lowest BCUT2D eigenvalue weighted by atomic mass is 9.95. The van der Waals surface area contributed by atoms with E-state index in [2.05, 4.69) is 4.98 Å². The topological polar surface area (TPSA) is 91.0 Å². The molecule has 3 atom stereocenters. The van der Waals surface area contributed by atoms with Crippen LogP contribution < -0.4 is 0 Å². The maximum atomic E-state index is 13.0. The van der Waals surface area contributed by atoms with Gasteiger partial charge in [0.15, 0.2) is 6.10 Å². The molecular formula is C23H28F3NO6. The van der Waals surface area contributed by atoms with Crippen molar-refractivity contribution in [2.24, 2.45) is 0 Å². The summed E-state index contributed by atoms with van der Waals surface area (Å²) in [6.45, 7) is 3.84. The van der Waals surface area contributed by atoms with Gasteiger partial charge < -0.3 is 23.7 Å². The lowest BCUT2D eigenvalue weighted by molar-refractivity contribution is -0.157. The molecule has 0 bridgehead atoms. The van der Waals surface area contributed by atoms with Gasteiger partial charge in [-0.25, -0.2) is 9.78 Å². The van der Waals surface area contributed by atoms with E-state index < -0.39 is 23.8 Å². The van der Waals surface area contributed by atoms with Crippen LogP contribution in [-0.2, 0) is 31.8 Å². The summed E-state index contributed by atoms with van der Waals surface area (Å²) in [7, 11) is 0. The highest BCUT2D eigenvalue weighted by Crippen LogP contribution is 2.32. The quantitative estimate of drug-likeness (QED) is 0.521. The van der Waals surface area contributed by atoms with Crippen LogP contribution in [0.2, 0.25) is 0 Å². The monoisotopic (exact) mass is 471 g/mol. The summed E-state index contributed by atoms with van der Waals surface area (Å²) in [4.78, 5) is 15.5. The fourth-order valence-electron chi connectivity index (χ4n) is 3.73. The average molecular weight is 471 g/mol. The van der Waals surface area contributed by atoms with Gasteiger partial charge in [-0.1, -0.05) is 6.07 Å². The molecule has 3 rings (SSSR count). The number of aryl methyl sites for hydroxylation is 1. The second-order valence-corrected chi connectivity index (χ2v) is 7.94. The maximum absolute atomic E-state index is 13.0. The number of alkyl halides is 3. The van der Waals surface area contributed by atoms with E-state index in [0.717, 1.165) is 31.4 Å². The van der Waals surface area contributed by atoms with Crippen LogP contribution in [0.5, 0.6) is 0 Å². The van der Waals surface area contributed by atoms with Crippen LogP contribution in [0.1, 0.15) is 49.6 Å². The van der Waals surface area contributed by atoms with Gasteiger partial charge in [-0.05, 0) is 57.7 Å². The molecule has 0 amide bonds. The predicted molar refractivity (Wildman–Crippen MR) is 112 cm³/mol. The minimum absolute atomic E-state index is 0.0245. The van der Waals surface area contributed by atoms with E-state index in [4.69, 9.17) is 23.7 Å². The Hall–Kier alpha value is -2.43. The largest absolute Gasteiger partial charge is 0.479 e. The summed E-state index contributed by atoms with van der Waals surface area (Å²) >= 11 is 0. The molecule has 182 valence electrons. The van der Waals surface area contributed by atoms with E-state index >= 15 is 0 Å². The minimum Gasteiger partial charge on any atom is -0.479 e. The van der Waals surface area contributed by atoms with Crippen molar-refractivity contribution in [2.75, 3.05) is 13.2 Å². The molecule has 7 nitrogen and oxygen atoms in total. The first-order valence-corrected chi connectivity index (χ1v) is 10.9. The van der Waals surface area contributed by atoms with Crippen LogP contribution in [0.15, 0.2) is 28.7 Å². The van der Waals surface area contributed by atoms with Crippen molar-refractivity contribution in [3.8, 4) is 11.5 Å². The molecule has 1 aromatic carbocycles. The molecule has 33 heavy (non-hydrogen) atoms. The van der Waals surface area contributed by atoms with E-state index in [0.29, 0.717) is 17.9 Å². The molecule has 0 aliphatic heterocycles. The van der Waals surface area contributed by atoms with Gasteiger partial charge in [-0.3, -0.25) is 0 Å². The Morgan fingerprint density at radius 3 is 2.67 bits per heavy atom. The minimum atomic E-state index is -4.45. The predicted octanol–water partition coefficient (Wildman–Crippen LogP) is 5.00. The molecule has 0 spiro atoms. The Kier molecular flexibility index (Phi) is 8.50. The SMILES string of the molecule is CCOC(COC1CCCC(OCc2nc(-c3cccc(C(F)(F)F)c3)oc2C)C1)C(=O)O. The van der Waals surface area contributed by atoms with Crippen LogP contribution >= 0.6 is 0 Å². The van der Waals surface area contributed by atoms with Gasteiger partial charge >= 0.3 is 12.1 Å². The van der Waals surface area contributed by atoms with Gasteiger partial charge in [0, 0.05) is 12.2 Å². The number of nitrogens with zero attached hydrogens (tertiary/aromatic N) is 1. The summed E-state index contributed by atoms with van der Waals surface area (Å²) < 4.78 is 61.4. The number of oxazole rings is 1. The summed E-state index contributed by atoms with van der Waals surface area (Å²) in [6.07, 6.45) is -2.58. The molecule has 1 fully saturated rings. The van der Waals surface area contributed by atoms with Crippen molar-refractivity contribution in [2.45, 2.75) is 70.6 Å². The average Bonchev–Trinajstić information content (AvgIpc) is 3.15. The summed E-state index contributed by atoms with van der Waals surface area (Å²) in [5.41, 5.74) is -0.00305. The molecule has 10 heteroatoms. The second-order valence-electron chi connectivity index (χ2n) is 7.94. The first-order valence-electron chi connectivity index (χ1n) is 10.9. The zero-order valence-corrected chi connectivity index (χ0v) is 18.6. The first kappa shape index (κ1) is 25.2. The van der Waals surface area contributed by atoms with Gasteiger partial charge in [-0.15, -0.1) is 0 Å². The number of hydrogen-bond donors (Lipinski definition) is 1. The van der Waals surface area contributed by atoms with Crippen molar-refractivity contribution in [1.82, 2.24) is 4.98 Å². The van der Waals surface area contributed by atoms with Crippen molar-refractivity contribution in [3.05, 3.63) is 41.3 Å². The van der Waals surface area contributed by atoms with E-state index in [1.807, 2.05) is 0 Å². The third kappa shape index (κ3) is 7.02. The molecule has 1 aromatic heterocycles. The van der Waals surface area contributed by atoms with Gasteiger partial charge in [0.2, 0.25) is 5.89 Å². The number of carboxylic acid groups (broad SMARTS) is 1. The Morgan fingerprint density at radius 1 is 1.27 bits per heavy atom. The number of carbonyl (C=O) groups is 1. The Bertz CT molecular complexity index is 929. The third-order valence-corrected chi connectivity index (χ3v) is 5.49. The molecule has 0 radical (unpaired) electrons. The van der Waals surface area contributed by atoms with Crippen molar-refractivity contribution in [3.63, 3.8) is 0 Å². The normalized spacial score (nSPS) is 20.0. The highest BCUT2D eigenvalue weighted by molar-refractivity contribution is 5.72. The fraction of sp³-hybridized carbons (Fsp3) is 0.565. The summed E-state index contributed by atoms with van der Waals surface area (Å²) in [5.74, 6) is -0.469. The van der Waals surface area contributed by atoms with E-state index in [1.165, 1.54) is 12.1 Å². The van der Waals surface area contributed by atoms with Crippen molar-refractivity contribution >= 4 is 5.97 Å². The number of halogens is 3. The molecular weight excluding hydrogens is 443 g/mol. The number of aliphatic carboxylic acids is 1. The van der Waals surface area contributed by atoms with E-state index in [1.54, 1.807) is 13.8 Å². The standard InChI is InChI=1S/C23H28F3NO6/c1-3-30-20(22(28)29)13-32-18-9-5-8-17(11-18)31-12-19-14(2)33-21(27-19)15-6-4-7-16(10-15)23(24,25)26/h4,6-7,10,17-18,20H,3,5,8-9,11-13H2,1-2H3,(H,28,29). The van der Waals surface area contributed by atoms with Crippen LogP contribution in [0.4, 0.5) is 13.2 Å². The number of aromatic nitrogens is 1. The molecule has 2 aromatic rings. The van der Waals surface area contributed by atoms with Crippen LogP contribution in [0.3, 0.4) is 0 Å². The van der Waals surface area contributed by atoms with Gasteiger partial charge in [0.1, 0.15) is 11.5 Å². The summed E-state index contributed by atoms with van der Waals surface area (Å²) in [5, 5.41) is 9.16. The Morgan fingerprint density at radius 2 is 2.00 bits per heavy atom. The lowest BCUT2D eigenvalue weighted by Crippen LogP contribution is -2.34. The molecule has 1 aliphatic rings. The number of ether oxygens (including phenoxy) is 3. The second kappa shape index (κ2) is 11.1. The smallest absolute Gasteiger partial charge is 0.416 e. The third-order valence-electron chi connectivity index (χ3n) is 5.49. The highest BCUT2D eigenvalue weighted by Gasteiger charge is 2.31. The molecule has 3 unspecified atom stereocenters. The maximum Gasteiger partial charge on any atom is 0.416 e. The van der Waals surface area contributed by atoms with E-state index in [9.17, 15) is 18.0 Å². The molecule has 1 N–H and O–H groups in total. The van der Waals surface area contributed by atoms with Crippen molar-refractivity contribution < 1.29 is 41.7 Å². The first-order chi connectivity index (χ1) is 15.7. The molecule has 1 saturated carbocycles. The zero-order chi connectivity index (χ0) is 24.0. The van der Waals surface area contributed by atoms with Crippen LogP contribution in [0.25, 0.3) is 11.5 Å². The van der Waals surface area contributed by atoms with E-state index in [-0.39, 0.29) is 43.5 Å². The molecule has 1 heterocycles. The highest BCUT2D eigenvalue weighted by atomic mass is 19.4. The molecule has 0 saturated heterocycles. The Labute approximate surface area is 189 Å². The summed E-state index contributed by atoms with van der Waals surface area (Å²) in [6, 6.07) is 4.83. The number of rotatable bonds is 10. The van der Waals surface area contributed by atoms with Gasteiger partial charge in [-0.2, -0.15) is 13.2 Å². The number of carboxylic acids is 1. The van der Waals surface area contributed by atoms with Crippen LogP contribution in [0, 0.1) is 6.92 Å². The van der Waals surface area contributed by atoms with Crippen molar-refractivity contribution in [1.29, 1.82) is 0 Å². The number of benzene rings is 1. The number of hydrogen-bond acceptors (Lipinski definition) is 6. The van der Waals surface area contributed by atoms with Gasteiger partial charge in [0.05, 0.1) is 31.0 Å². The zero-order valence-electron chi connectivity index (χ0n) is 18.6. The fourth-order valence-corrected chi connectivity index (χ4v) is 3.73. The van der Waals surface area contributed by atoms with Gasteiger partial charge in [0.25, 0.3) is 0 Å².